The number of carbonyl (C=O) groups excluding carboxylic acids is 1. The van der Waals surface area contributed by atoms with Crippen LogP contribution >= 0.6 is 0 Å². The highest BCUT2D eigenvalue weighted by molar-refractivity contribution is 6.05. The monoisotopic (exact) mass is 363 g/mol. The number of aliphatic hydroxyl groups is 1. The van der Waals surface area contributed by atoms with Crippen molar-refractivity contribution in [2.75, 3.05) is 11.9 Å². The fourth-order valence-corrected chi connectivity index (χ4v) is 3.35. The number of aliphatic hydroxyl groups excluding tert-OH is 1. The number of amides is 1. The first-order chi connectivity index (χ1) is 13.1. The summed E-state index contributed by atoms with van der Waals surface area (Å²) in [4.78, 5) is 12.9. The van der Waals surface area contributed by atoms with Crippen LogP contribution in [0.1, 0.15) is 39.7 Å². The quantitative estimate of drug-likeness (QED) is 0.747. The van der Waals surface area contributed by atoms with Gasteiger partial charge in [-0.05, 0) is 11.6 Å². The van der Waals surface area contributed by atoms with Crippen LogP contribution in [0, 0.1) is 0 Å². The summed E-state index contributed by atoms with van der Waals surface area (Å²) in [5.41, 5.74) is 3.74. The molecule has 0 aliphatic carbocycles. The smallest absolute Gasteiger partial charge is 0.259 e. The van der Waals surface area contributed by atoms with Crippen LogP contribution in [-0.4, -0.2) is 27.4 Å². The van der Waals surface area contributed by atoms with Crippen LogP contribution < -0.4 is 10.1 Å². The lowest BCUT2D eigenvalue weighted by molar-refractivity contribution is 0.102. The summed E-state index contributed by atoms with van der Waals surface area (Å²) in [5.74, 6) is 0.296. The number of aromatic nitrogens is 2. The molecule has 1 aromatic heterocycles. The molecule has 1 unspecified atom stereocenters. The van der Waals surface area contributed by atoms with Crippen molar-refractivity contribution in [2.24, 2.45) is 7.05 Å². The molecule has 6 heteroatoms. The number of nitrogens with zero attached hydrogens (tertiary/aromatic N) is 2. The summed E-state index contributed by atoms with van der Waals surface area (Å²) in [6, 6.07) is 15.4. The minimum Gasteiger partial charge on any atom is -0.491 e. The maximum atomic E-state index is 12.9. The molecule has 2 aromatic carbocycles. The van der Waals surface area contributed by atoms with Crippen molar-refractivity contribution < 1.29 is 14.6 Å². The van der Waals surface area contributed by atoms with Crippen molar-refractivity contribution in [3.8, 4) is 5.75 Å². The van der Waals surface area contributed by atoms with Gasteiger partial charge in [-0.3, -0.25) is 9.48 Å². The Morgan fingerprint density at radius 1 is 1.26 bits per heavy atom. The maximum Gasteiger partial charge on any atom is 0.259 e. The Bertz CT molecular complexity index is 966. The predicted molar refractivity (Wildman–Crippen MR) is 102 cm³/mol. The SMILES string of the molecule is Cn1ncc(C(=O)Nc2cccc3c2OCCC3O)c1Cc1ccccc1. The highest BCUT2D eigenvalue weighted by Crippen LogP contribution is 2.38. The zero-order valence-corrected chi connectivity index (χ0v) is 15.1. The van der Waals surface area contributed by atoms with Gasteiger partial charge in [-0.1, -0.05) is 42.5 Å². The second kappa shape index (κ2) is 7.25. The van der Waals surface area contributed by atoms with Gasteiger partial charge >= 0.3 is 0 Å². The third-order valence-corrected chi connectivity index (χ3v) is 4.81. The van der Waals surface area contributed by atoms with Gasteiger partial charge in [0.2, 0.25) is 0 Å². The van der Waals surface area contributed by atoms with Gasteiger partial charge in [0.1, 0.15) is 5.75 Å². The summed E-state index contributed by atoms with van der Waals surface area (Å²) in [5, 5.41) is 17.3. The van der Waals surface area contributed by atoms with Crippen LogP contribution in [0.2, 0.25) is 0 Å². The molecule has 1 aliphatic heterocycles. The molecule has 138 valence electrons. The molecule has 2 heterocycles. The van der Waals surface area contributed by atoms with Gasteiger partial charge in [0, 0.05) is 25.5 Å². The molecular formula is C21H21N3O3. The molecule has 0 saturated heterocycles. The van der Waals surface area contributed by atoms with E-state index >= 15 is 0 Å². The summed E-state index contributed by atoms with van der Waals surface area (Å²) in [7, 11) is 1.83. The largest absolute Gasteiger partial charge is 0.491 e. The minimum atomic E-state index is -0.572. The average molecular weight is 363 g/mol. The molecule has 4 rings (SSSR count). The van der Waals surface area contributed by atoms with Crippen molar-refractivity contribution in [1.82, 2.24) is 9.78 Å². The molecule has 0 radical (unpaired) electrons. The zero-order chi connectivity index (χ0) is 18.8. The summed E-state index contributed by atoms with van der Waals surface area (Å²) < 4.78 is 7.42. The Labute approximate surface area is 157 Å². The highest BCUT2D eigenvalue weighted by atomic mass is 16.5. The van der Waals surface area contributed by atoms with Crippen molar-refractivity contribution in [3.05, 3.63) is 77.1 Å². The summed E-state index contributed by atoms with van der Waals surface area (Å²) in [6.07, 6.45) is 2.17. The summed E-state index contributed by atoms with van der Waals surface area (Å²) >= 11 is 0. The number of para-hydroxylation sites is 1. The Hall–Kier alpha value is -3.12. The first kappa shape index (κ1) is 17.3. The number of aryl methyl sites for hydroxylation is 1. The standard InChI is InChI=1S/C21H21N3O3/c1-24-18(12-14-6-3-2-4-7-14)16(13-22-24)21(26)23-17-9-5-8-15-19(25)10-11-27-20(15)17/h2-9,13,19,25H,10-12H2,1H3,(H,23,26). The first-order valence-electron chi connectivity index (χ1n) is 8.93. The van der Waals surface area contributed by atoms with Gasteiger partial charge < -0.3 is 15.2 Å². The van der Waals surface area contributed by atoms with E-state index in [4.69, 9.17) is 4.74 Å². The Kier molecular flexibility index (Phi) is 4.64. The van der Waals surface area contributed by atoms with E-state index in [1.165, 1.54) is 0 Å². The molecule has 3 aromatic rings. The second-order valence-corrected chi connectivity index (χ2v) is 6.62. The van der Waals surface area contributed by atoms with Crippen molar-refractivity contribution in [3.63, 3.8) is 0 Å². The van der Waals surface area contributed by atoms with E-state index in [0.29, 0.717) is 42.0 Å². The van der Waals surface area contributed by atoms with Crippen LogP contribution in [0.3, 0.4) is 0 Å². The first-order valence-corrected chi connectivity index (χ1v) is 8.93. The maximum absolute atomic E-state index is 12.9. The molecule has 27 heavy (non-hydrogen) atoms. The normalized spacial score (nSPS) is 15.7. The molecule has 0 saturated carbocycles. The van der Waals surface area contributed by atoms with E-state index in [0.717, 1.165) is 11.3 Å². The molecule has 0 spiro atoms. The van der Waals surface area contributed by atoms with E-state index in [9.17, 15) is 9.90 Å². The fourth-order valence-electron chi connectivity index (χ4n) is 3.35. The third kappa shape index (κ3) is 3.44. The lowest BCUT2D eigenvalue weighted by atomic mass is 10.0. The molecule has 2 N–H and O–H groups in total. The molecule has 1 amide bonds. The Morgan fingerprint density at radius 3 is 2.89 bits per heavy atom. The van der Waals surface area contributed by atoms with E-state index in [-0.39, 0.29) is 5.91 Å². The number of rotatable bonds is 4. The van der Waals surface area contributed by atoms with Crippen LogP contribution in [-0.2, 0) is 13.5 Å². The average Bonchev–Trinajstić information content (AvgIpc) is 3.04. The lowest BCUT2D eigenvalue weighted by Gasteiger charge is -2.24. The van der Waals surface area contributed by atoms with Gasteiger partial charge in [0.25, 0.3) is 5.91 Å². The van der Waals surface area contributed by atoms with E-state index < -0.39 is 6.10 Å². The lowest BCUT2D eigenvalue weighted by Crippen LogP contribution is -2.19. The van der Waals surface area contributed by atoms with Crippen LogP contribution in [0.15, 0.2) is 54.7 Å². The second-order valence-electron chi connectivity index (χ2n) is 6.62. The molecule has 6 nitrogen and oxygen atoms in total. The number of fused-ring (bicyclic) bond motifs is 1. The van der Waals surface area contributed by atoms with Gasteiger partial charge in [-0.25, -0.2) is 0 Å². The van der Waals surface area contributed by atoms with E-state index in [1.54, 1.807) is 23.0 Å². The van der Waals surface area contributed by atoms with Crippen molar-refractivity contribution in [2.45, 2.75) is 18.9 Å². The van der Waals surface area contributed by atoms with Crippen LogP contribution in [0.4, 0.5) is 5.69 Å². The van der Waals surface area contributed by atoms with Gasteiger partial charge in [0.05, 0.1) is 35.9 Å². The molecule has 0 fully saturated rings. The minimum absolute atomic E-state index is 0.244. The number of benzene rings is 2. The molecule has 1 aliphatic rings. The predicted octanol–water partition coefficient (Wildman–Crippen LogP) is 3.08. The van der Waals surface area contributed by atoms with Gasteiger partial charge in [0.15, 0.2) is 0 Å². The summed E-state index contributed by atoms with van der Waals surface area (Å²) in [6.45, 7) is 0.424. The van der Waals surface area contributed by atoms with Crippen LogP contribution in [0.5, 0.6) is 5.75 Å². The third-order valence-electron chi connectivity index (χ3n) is 4.81. The van der Waals surface area contributed by atoms with Crippen molar-refractivity contribution >= 4 is 11.6 Å². The number of anilines is 1. The van der Waals surface area contributed by atoms with Crippen LogP contribution in [0.25, 0.3) is 0 Å². The molecular weight excluding hydrogens is 342 g/mol. The topological polar surface area (TPSA) is 76.4 Å². The van der Waals surface area contributed by atoms with Crippen molar-refractivity contribution in [1.29, 1.82) is 0 Å². The van der Waals surface area contributed by atoms with Gasteiger partial charge in [-0.15, -0.1) is 0 Å². The van der Waals surface area contributed by atoms with Gasteiger partial charge in [-0.2, -0.15) is 5.10 Å². The van der Waals surface area contributed by atoms with E-state index in [2.05, 4.69) is 10.4 Å². The number of hydrogen-bond acceptors (Lipinski definition) is 4. The van der Waals surface area contributed by atoms with E-state index in [1.807, 2.05) is 43.4 Å². The zero-order valence-electron chi connectivity index (χ0n) is 15.1. The number of hydrogen-bond donors (Lipinski definition) is 2. The number of ether oxygens (including phenoxy) is 1. The molecule has 0 bridgehead atoms. The molecule has 1 atom stereocenters. The Balaban J connectivity index is 1.61. The number of nitrogens with one attached hydrogen (secondary N) is 1. The number of carbonyl (C=O) groups is 1. The fraction of sp³-hybridized carbons (Fsp3) is 0.238. The highest BCUT2D eigenvalue weighted by Gasteiger charge is 2.24. The Morgan fingerprint density at radius 2 is 2.07 bits per heavy atom.